The molecule has 108 valence electrons. The first-order valence-electron chi connectivity index (χ1n) is 7.83. The Hall–Kier alpha value is -1.06. The molecular formula is C15H26N2O2. The van der Waals surface area contributed by atoms with E-state index in [-0.39, 0.29) is 18.4 Å². The molecule has 1 aliphatic heterocycles. The summed E-state index contributed by atoms with van der Waals surface area (Å²) >= 11 is 0. The highest BCUT2D eigenvalue weighted by molar-refractivity contribution is 5.85. The van der Waals surface area contributed by atoms with Crippen molar-refractivity contribution in [1.82, 2.24) is 10.2 Å². The number of carbonyl (C=O) groups is 2. The zero-order valence-electron chi connectivity index (χ0n) is 11.8. The third-order valence-electron chi connectivity index (χ3n) is 4.23. The maximum atomic E-state index is 12.0. The van der Waals surface area contributed by atoms with Gasteiger partial charge in [0.15, 0.2) is 0 Å². The largest absolute Gasteiger partial charge is 0.352 e. The van der Waals surface area contributed by atoms with Crippen LogP contribution in [0.25, 0.3) is 0 Å². The van der Waals surface area contributed by atoms with E-state index in [1.54, 1.807) is 4.90 Å². The summed E-state index contributed by atoms with van der Waals surface area (Å²) in [7, 11) is 0. The molecule has 4 heteroatoms. The van der Waals surface area contributed by atoms with E-state index in [9.17, 15) is 9.59 Å². The standard InChI is InChI=1S/C15H26N2O2/c18-14(16-13-8-4-1-2-5-9-13)12-17-11-7-3-6-10-15(17)19/h13H,1-12H2,(H,16,18). The van der Waals surface area contributed by atoms with E-state index in [2.05, 4.69) is 5.32 Å². The van der Waals surface area contributed by atoms with Crippen LogP contribution in [0.4, 0.5) is 0 Å². The summed E-state index contributed by atoms with van der Waals surface area (Å²) in [6.07, 6.45) is 10.9. The van der Waals surface area contributed by atoms with E-state index in [4.69, 9.17) is 0 Å². The van der Waals surface area contributed by atoms with Crippen LogP contribution >= 0.6 is 0 Å². The third kappa shape index (κ3) is 4.84. The average Bonchev–Trinajstić information content (AvgIpc) is 2.74. The maximum Gasteiger partial charge on any atom is 0.239 e. The topological polar surface area (TPSA) is 49.4 Å². The smallest absolute Gasteiger partial charge is 0.239 e. The number of rotatable bonds is 3. The minimum atomic E-state index is 0.0298. The molecular weight excluding hydrogens is 240 g/mol. The fourth-order valence-corrected chi connectivity index (χ4v) is 3.08. The van der Waals surface area contributed by atoms with E-state index in [0.717, 1.165) is 38.6 Å². The summed E-state index contributed by atoms with van der Waals surface area (Å²) in [4.78, 5) is 25.6. The van der Waals surface area contributed by atoms with Gasteiger partial charge < -0.3 is 10.2 Å². The Morgan fingerprint density at radius 3 is 2.47 bits per heavy atom. The molecule has 2 aliphatic rings. The Kier molecular flexibility index (Phi) is 5.67. The van der Waals surface area contributed by atoms with Crippen molar-refractivity contribution in [2.75, 3.05) is 13.1 Å². The second kappa shape index (κ2) is 7.51. The maximum absolute atomic E-state index is 12.0. The highest BCUT2D eigenvalue weighted by Crippen LogP contribution is 2.17. The molecule has 2 amide bonds. The van der Waals surface area contributed by atoms with Crippen LogP contribution in [0.5, 0.6) is 0 Å². The summed E-state index contributed by atoms with van der Waals surface area (Å²) in [6, 6.07) is 0.331. The molecule has 1 saturated carbocycles. The summed E-state index contributed by atoms with van der Waals surface area (Å²) in [6.45, 7) is 1.01. The molecule has 1 saturated heterocycles. The Labute approximate surface area is 115 Å². The average molecular weight is 266 g/mol. The van der Waals surface area contributed by atoms with Crippen LogP contribution in [-0.4, -0.2) is 35.8 Å². The summed E-state index contributed by atoms with van der Waals surface area (Å²) in [5, 5.41) is 3.11. The molecule has 0 atom stereocenters. The van der Waals surface area contributed by atoms with Crippen LogP contribution in [0, 0.1) is 0 Å². The van der Waals surface area contributed by atoms with Gasteiger partial charge in [-0.3, -0.25) is 9.59 Å². The molecule has 1 heterocycles. The van der Waals surface area contributed by atoms with Crippen molar-refractivity contribution < 1.29 is 9.59 Å². The lowest BCUT2D eigenvalue weighted by Crippen LogP contribution is -2.44. The molecule has 0 aromatic rings. The van der Waals surface area contributed by atoms with Gasteiger partial charge in [0.2, 0.25) is 11.8 Å². The van der Waals surface area contributed by atoms with Gasteiger partial charge in [0.05, 0.1) is 6.54 Å². The van der Waals surface area contributed by atoms with E-state index in [0.29, 0.717) is 12.5 Å². The number of nitrogens with zero attached hydrogens (tertiary/aromatic N) is 1. The number of likely N-dealkylation sites (tertiary alicyclic amines) is 1. The molecule has 4 nitrogen and oxygen atoms in total. The van der Waals surface area contributed by atoms with Gasteiger partial charge in [-0.15, -0.1) is 0 Å². The molecule has 0 bridgehead atoms. The second-order valence-electron chi connectivity index (χ2n) is 5.88. The number of hydrogen-bond acceptors (Lipinski definition) is 2. The van der Waals surface area contributed by atoms with Gasteiger partial charge >= 0.3 is 0 Å². The predicted octanol–water partition coefficient (Wildman–Crippen LogP) is 2.23. The van der Waals surface area contributed by atoms with E-state index < -0.39 is 0 Å². The Bertz CT molecular complexity index is 309. The summed E-state index contributed by atoms with van der Waals surface area (Å²) in [5.41, 5.74) is 0. The van der Waals surface area contributed by atoms with Gasteiger partial charge in [-0.2, -0.15) is 0 Å². The monoisotopic (exact) mass is 266 g/mol. The zero-order valence-corrected chi connectivity index (χ0v) is 11.8. The zero-order chi connectivity index (χ0) is 13.5. The fraction of sp³-hybridized carbons (Fsp3) is 0.867. The fourth-order valence-electron chi connectivity index (χ4n) is 3.08. The van der Waals surface area contributed by atoms with Gasteiger partial charge in [-0.05, 0) is 25.7 Å². The molecule has 2 rings (SSSR count). The van der Waals surface area contributed by atoms with Crippen molar-refractivity contribution in [1.29, 1.82) is 0 Å². The lowest BCUT2D eigenvalue weighted by molar-refractivity contribution is -0.135. The van der Waals surface area contributed by atoms with Crippen molar-refractivity contribution in [3.8, 4) is 0 Å². The minimum absolute atomic E-state index is 0.0298. The molecule has 1 aliphatic carbocycles. The molecule has 0 aromatic carbocycles. The molecule has 0 aromatic heterocycles. The van der Waals surface area contributed by atoms with E-state index >= 15 is 0 Å². The van der Waals surface area contributed by atoms with Gasteiger partial charge in [0.25, 0.3) is 0 Å². The Morgan fingerprint density at radius 2 is 1.74 bits per heavy atom. The third-order valence-corrected chi connectivity index (χ3v) is 4.23. The summed E-state index contributed by atoms with van der Waals surface area (Å²) in [5.74, 6) is 0.177. The first kappa shape index (κ1) is 14.4. The van der Waals surface area contributed by atoms with Crippen molar-refractivity contribution in [2.24, 2.45) is 0 Å². The number of hydrogen-bond donors (Lipinski definition) is 1. The normalized spacial score (nSPS) is 22.7. The van der Waals surface area contributed by atoms with Crippen LogP contribution in [0.3, 0.4) is 0 Å². The van der Waals surface area contributed by atoms with Gasteiger partial charge in [0.1, 0.15) is 0 Å². The van der Waals surface area contributed by atoms with Gasteiger partial charge in [0, 0.05) is 19.0 Å². The van der Waals surface area contributed by atoms with Crippen molar-refractivity contribution in [3.63, 3.8) is 0 Å². The van der Waals surface area contributed by atoms with Crippen molar-refractivity contribution in [3.05, 3.63) is 0 Å². The first-order chi connectivity index (χ1) is 9.25. The predicted molar refractivity (Wildman–Crippen MR) is 74.7 cm³/mol. The lowest BCUT2D eigenvalue weighted by Gasteiger charge is -2.22. The van der Waals surface area contributed by atoms with E-state index in [1.165, 1.54) is 25.7 Å². The quantitative estimate of drug-likeness (QED) is 0.796. The van der Waals surface area contributed by atoms with Crippen LogP contribution < -0.4 is 5.32 Å². The van der Waals surface area contributed by atoms with Crippen LogP contribution in [0.2, 0.25) is 0 Å². The highest BCUT2D eigenvalue weighted by Gasteiger charge is 2.21. The summed E-state index contributed by atoms with van der Waals surface area (Å²) < 4.78 is 0. The second-order valence-corrected chi connectivity index (χ2v) is 5.88. The Balaban J connectivity index is 1.77. The van der Waals surface area contributed by atoms with Crippen LogP contribution in [-0.2, 0) is 9.59 Å². The first-order valence-corrected chi connectivity index (χ1v) is 7.83. The van der Waals surface area contributed by atoms with Crippen molar-refractivity contribution >= 4 is 11.8 Å². The number of carbonyl (C=O) groups excluding carboxylic acids is 2. The molecule has 0 spiro atoms. The number of amides is 2. The molecule has 1 N–H and O–H groups in total. The van der Waals surface area contributed by atoms with Gasteiger partial charge in [-0.25, -0.2) is 0 Å². The van der Waals surface area contributed by atoms with Crippen LogP contribution in [0.1, 0.15) is 64.2 Å². The lowest BCUT2D eigenvalue weighted by atomic mass is 10.1. The van der Waals surface area contributed by atoms with Crippen LogP contribution in [0.15, 0.2) is 0 Å². The molecule has 0 unspecified atom stereocenters. The Morgan fingerprint density at radius 1 is 1.05 bits per heavy atom. The van der Waals surface area contributed by atoms with Gasteiger partial charge in [-0.1, -0.05) is 32.1 Å². The number of nitrogens with one attached hydrogen (secondary N) is 1. The SMILES string of the molecule is O=C(CN1CCCCCC1=O)NC1CCCCCC1. The molecule has 19 heavy (non-hydrogen) atoms. The highest BCUT2D eigenvalue weighted by atomic mass is 16.2. The molecule has 0 radical (unpaired) electrons. The van der Waals surface area contributed by atoms with E-state index in [1.807, 2.05) is 0 Å². The molecule has 2 fully saturated rings. The van der Waals surface area contributed by atoms with Crippen molar-refractivity contribution in [2.45, 2.75) is 70.3 Å². The minimum Gasteiger partial charge on any atom is -0.352 e.